The SMILES string of the molecule is Nc1cc(Br)cc(OCCc2cccs2)c1. The van der Waals surface area contributed by atoms with Crippen LogP contribution in [0.25, 0.3) is 0 Å². The monoisotopic (exact) mass is 297 g/mol. The highest BCUT2D eigenvalue weighted by Gasteiger charge is 1.99. The third-order valence-corrected chi connectivity index (χ3v) is 3.48. The van der Waals surface area contributed by atoms with Gasteiger partial charge in [-0.05, 0) is 23.6 Å². The summed E-state index contributed by atoms with van der Waals surface area (Å²) < 4.78 is 6.58. The molecule has 0 unspecified atom stereocenters. The van der Waals surface area contributed by atoms with Crippen molar-refractivity contribution in [1.82, 2.24) is 0 Å². The Hall–Kier alpha value is -1.00. The van der Waals surface area contributed by atoms with E-state index in [1.165, 1.54) is 4.88 Å². The Morgan fingerprint density at radius 3 is 2.88 bits per heavy atom. The molecule has 0 aliphatic carbocycles. The number of ether oxygens (including phenoxy) is 1. The summed E-state index contributed by atoms with van der Waals surface area (Å²) in [4.78, 5) is 1.34. The van der Waals surface area contributed by atoms with E-state index in [0.717, 1.165) is 16.6 Å². The highest BCUT2D eigenvalue weighted by atomic mass is 79.9. The van der Waals surface area contributed by atoms with Crippen LogP contribution in [0.3, 0.4) is 0 Å². The molecule has 2 aromatic rings. The van der Waals surface area contributed by atoms with Gasteiger partial charge in [-0.15, -0.1) is 11.3 Å². The van der Waals surface area contributed by atoms with Crippen LogP contribution in [0.5, 0.6) is 5.75 Å². The summed E-state index contributed by atoms with van der Waals surface area (Å²) in [6.45, 7) is 0.677. The maximum atomic E-state index is 5.72. The summed E-state index contributed by atoms with van der Waals surface area (Å²) in [5, 5.41) is 2.08. The molecule has 1 aromatic carbocycles. The number of thiophene rings is 1. The first-order chi connectivity index (χ1) is 7.74. The molecule has 0 spiro atoms. The van der Waals surface area contributed by atoms with E-state index < -0.39 is 0 Å². The number of anilines is 1. The molecule has 0 amide bonds. The lowest BCUT2D eigenvalue weighted by molar-refractivity contribution is 0.323. The van der Waals surface area contributed by atoms with Crippen molar-refractivity contribution in [2.45, 2.75) is 6.42 Å². The van der Waals surface area contributed by atoms with Crippen LogP contribution in [0.1, 0.15) is 4.88 Å². The van der Waals surface area contributed by atoms with E-state index in [2.05, 4.69) is 33.4 Å². The van der Waals surface area contributed by atoms with Gasteiger partial charge in [0.25, 0.3) is 0 Å². The molecule has 0 aliphatic rings. The molecular weight excluding hydrogens is 286 g/mol. The van der Waals surface area contributed by atoms with E-state index in [-0.39, 0.29) is 0 Å². The molecule has 0 bridgehead atoms. The van der Waals surface area contributed by atoms with Gasteiger partial charge in [0.1, 0.15) is 5.75 Å². The van der Waals surface area contributed by atoms with Gasteiger partial charge in [0, 0.05) is 27.5 Å². The standard InChI is InChI=1S/C12H12BrNOS/c13-9-6-10(14)8-11(7-9)15-4-3-12-2-1-5-16-12/h1-2,5-8H,3-4,14H2. The number of rotatable bonds is 4. The Balaban J connectivity index is 1.89. The first kappa shape index (κ1) is 11.5. The largest absolute Gasteiger partial charge is 0.493 e. The molecule has 84 valence electrons. The number of halogens is 1. The Kier molecular flexibility index (Phi) is 3.85. The molecule has 1 heterocycles. The summed E-state index contributed by atoms with van der Waals surface area (Å²) >= 11 is 5.14. The predicted octanol–water partition coefficient (Wildman–Crippen LogP) is 3.71. The zero-order chi connectivity index (χ0) is 11.4. The van der Waals surface area contributed by atoms with E-state index in [1.807, 2.05) is 18.2 Å². The highest BCUT2D eigenvalue weighted by molar-refractivity contribution is 9.10. The van der Waals surface area contributed by atoms with E-state index in [1.54, 1.807) is 11.3 Å². The van der Waals surface area contributed by atoms with Gasteiger partial charge >= 0.3 is 0 Å². The van der Waals surface area contributed by atoms with Crippen LogP contribution >= 0.6 is 27.3 Å². The molecule has 0 aliphatic heterocycles. The van der Waals surface area contributed by atoms with Crippen LogP contribution < -0.4 is 10.5 Å². The molecule has 16 heavy (non-hydrogen) atoms. The fourth-order valence-electron chi connectivity index (χ4n) is 1.39. The molecule has 4 heteroatoms. The topological polar surface area (TPSA) is 35.2 Å². The maximum Gasteiger partial charge on any atom is 0.122 e. The van der Waals surface area contributed by atoms with Crippen molar-refractivity contribution in [1.29, 1.82) is 0 Å². The number of benzene rings is 1. The molecule has 0 fully saturated rings. The van der Waals surface area contributed by atoms with Gasteiger partial charge in [-0.25, -0.2) is 0 Å². The fourth-order valence-corrected chi connectivity index (χ4v) is 2.57. The zero-order valence-corrected chi connectivity index (χ0v) is 11.1. The van der Waals surface area contributed by atoms with Gasteiger partial charge in [-0.3, -0.25) is 0 Å². The van der Waals surface area contributed by atoms with Crippen molar-refractivity contribution in [3.8, 4) is 5.75 Å². The zero-order valence-electron chi connectivity index (χ0n) is 8.65. The van der Waals surface area contributed by atoms with Crippen LogP contribution in [0.2, 0.25) is 0 Å². The molecule has 2 N–H and O–H groups in total. The van der Waals surface area contributed by atoms with Crippen LogP contribution in [-0.2, 0) is 6.42 Å². The quantitative estimate of drug-likeness (QED) is 0.873. The lowest BCUT2D eigenvalue weighted by Gasteiger charge is -2.06. The molecule has 2 nitrogen and oxygen atoms in total. The normalized spacial score (nSPS) is 10.3. The van der Waals surface area contributed by atoms with Gasteiger partial charge in [-0.1, -0.05) is 22.0 Å². The van der Waals surface area contributed by atoms with Crippen molar-refractivity contribution in [3.05, 3.63) is 45.1 Å². The summed E-state index contributed by atoms with van der Waals surface area (Å²) in [6, 6.07) is 9.77. The third-order valence-electron chi connectivity index (χ3n) is 2.09. The minimum atomic E-state index is 0.677. The van der Waals surface area contributed by atoms with Crippen molar-refractivity contribution in [3.63, 3.8) is 0 Å². The minimum absolute atomic E-state index is 0.677. The average Bonchev–Trinajstić information content (AvgIpc) is 2.69. The van der Waals surface area contributed by atoms with E-state index in [9.17, 15) is 0 Å². The fraction of sp³-hybridized carbons (Fsp3) is 0.167. The molecule has 0 atom stereocenters. The van der Waals surface area contributed by atoms with E-state index >= 15 is 0 Å². The average molecular weight is 298 g/mol. The van der Waals surface area contributed by atoms with Crippen LogP contribution in [-0.4, -0.2) is 6.61 Å². The molecule has 0 saturated heterocycles. The smallest absolute Gasteiger partial charge is 0.122 e. The Bertz CT molecular complexity index is 436. The van der Waals surface area contributed by atoms with Gasteiger partial charge in [-0.2, -0.15) is 0 Å². The maximum absolute atomic E-state index is 5.72. The van der Waals surface area contributed by atoms with E-state index in [0.29, 0.717) is 12.3 Å². The number of nitrogens with two attached hydrogens (primary N) is 1. The molecule has 0 radical (unpaired) electrons. The first-order valence-electron chi connectivity index (χ1n) is 4.95. The van der Waals surface area contributed by atoms with Gasteiger partial charge in [0.15, 0.2) is 0 Å². The van der Waals surface area contributed by atoms with E-state index in [4.69, 9.17) is 10.5 Å². The van der Waals surface area contributed by atoms with Crippen molar-refractivity contribution in [2.24, 2.45) is 0 Å². The molecule has 1 aromatic heterocycles. The molecule has 2 rings (SSSR count). The third kappa shape index (κ3) is 3.25. The summed E-state index contributed by atoms with van der Waals surface area (Å²) in [7, 11) is 0. The summed E-state index contributed by atoms with van der Waals surface area (Å²) in [6.07, 6.45) is 0.935. The number of nitrogen functional groups attached to an aromatic ring is 1. The van der Waals surface area contributed by atoms with Crippen LogP contribution in [0.15, 0.2) is 40.2 Å². The highest BCUT2D eigenvalue weighted by Crippen LogP contribution is 2.23. The predicted molar refractivity (Wildman–Crippen MR) is 72.1 cm³/mol. The second kappa shape index (κ2) is 5.37. The van der Waals surface area contributed by atoms with Crippen molar-refractivity contribution >= 4 is 33.0 Å². The summed E-state index contributed by atoms with van der Waals surface area (Å²) in [5.41, 5.74) is 6.43. The van der Waals surface area contributed by atoms with Crippen molar-refractivity contribution in [2.75, 3.05) is 12.3 Å². The second-order valence-corrected chi connectivity index (χ2v) is 5.35. The number of hydrogen-bond acceptors (Lipinski definition) is 3. The molecule has 0 saturated carbocycles. The van der Waals surface area contributed by atoms with Gasteiger partial charge < -0.3 is 10.5 Å². The number of hydrogen-bond donors (Lipinski definition) is 1. The summed E-state index contributed by atoms with van der Waals surface area (Å²) in [5.74, 6) is 0.809. The van der Waals surface area contributed by atoms with Crippen molar-refractivity contribution < 1.29 is 4.74 Å². The van der Waals surface area contributed by atoms with Crippen LogP contribution in [0.4, 0.5) is 5.69 Å². The Morgan fingerprint density at radius 2 is 2.19 bits per heavy atom. The molecular formula is C12H12BrNOS. The Labute approximate surface area is 107 Å². The van der Waals surface area contributed by atoms with Gasteiger partial charge in [0.05, 0.1) is 6.61 Å². The lowest BCUT2D eigenvalue weighted by Crippen LogP contribution is -2.00. The van der Waals surface area contributed by atoms with Gasteiger partial charge in [0.2, 0.25) is 0 Å². The second-order valence-electron chi connectivity index (χ2n) is 3.40. The lowest BCUT2D eigenvalue weighted by atomic mass is 10.3. The Morgan fingerprint density at radius 1 is 1.31 bits per heavy atom. The minimum Gasteiger partial charge on any atom is -0.493 e. The first-order valence-corrected chi connectivity index (χ1v) is 6.62. The van der Waals surface area contributed by atoms with Crippen LogP contribution in [0, 0.1) is 0 Å².